The number of benzene rings is 2. The highest BCUT2D eigenvalue weighted by atomic mass is 19.1. The van der Waals surface area contributed by atoms with Crippen LogP contribution in [0.3, 0.4) is 0 Å². The summed E-state index contributed by atoms with van der Waals surface area (Å²) in [7, 11) is 0. The number of hydrogen-bond donors (Lipinski definition) is 1. The van der Waals surface area contributed by atoms with Gasteiger partial charge in [-0.15, -0.1) is 0 Å². The van der Waals surface area contributed by atoms with Gasteiger partial charge in [0.1, 0.15) is 12.4 Å². The van der Waals surface area contributed by atoms with Gasteiger partial charge >= 0.3 is 0 Å². The number of imide groups is 1. The first kappa shape index (κ1) is 14.9. The topological polar surface area (TPSA) is 66.5 Å². The average Bonchev–Trinajstić information content (AvgIpc) is 2.73. The number of nitrogens with zero attached hydrogens (tertiary/aromatic N) is 1. The van der Waals surface area contributed by atoms with E-state index in [1.165, 1.54) is 12.1 Å². The van der Waals surface area contributed by atoms with Crippen molar-refractivity contribution in [3.05, 3.63) is 65.0 Å². The highest BCUT2D eigenvalue weighted by Gasteiger charge is 2.38. The van der Waals surface area contributed by atoms with Crippen LogP contribution in [0, 0.1) is 12.7 Å². The van der Waals surface area contributed by atoms with E-state index in [4.69, 9.17) is 0 Å². The zero-order chi connectivity index (χ0) is 16.6. The van der Waals surface area contributed by atoms with Crippen LogP contribution < -0.4 is 5.32 Å². The first-order valence-corrected chi connectivity index (χ1v) is 6.98. The van der Waals surface area contributed by atoms with Gasteiger partial charge in [-0.25, -0.2) is 4.39 Å². The highest BCUT2D eigenvalue weighted by Crippen LogP contribution is 2.25. The summed E-state index contributed by atoms with van der Waals surface area (Å²) in [6.07, 6.45) is 0. The van der Waals surface area contributed by atoms with Crippen molar-refractivity contribution in [2.75, 3.05) is 11.9 Å². The summed E-state index contributed by atoms with van der Waals surface area (Å²) in [5.41, 5.74) is 1.24. The number of anilines is 1. The lowest BCUT2D eigenvalue weighted by Crippen LogP contribution is -2.37. The molecule has 0 bridgehead atoms. The number of amides is 3. The van der Waals surface area contributed by atoms with Gasteiger partial charge in [-0.3, -0.25) is 19.3 Å². The Morgan fingerprint density at radius 1 is 1.13 bits per heavy atom. The molecule has 0 aromatic heterocycles. The van der Waals surface area contributed by atoms with Gasteiger partial charge in [0, 0.05) is 5.69 Å². The standard InChI is InChI=1S/C17H13FN2O3/c1-10-4-2-5-11(8-10)19-14(21)9-20-16(22)12-6-3-7-13(18)15(12)17(20)23/h2-8H,9H2,1H3,(H,19,21). The molecule has 0 radical (unpaired) electrons. The van der Waals surface area contributed by atoms with Crippen molar-refractivity contribution in [1.29, 1.82) is 0 Å². The van der Waals surface area contributed by atoms with Gasteiger partial charge in [0.25, 0.3) is 11.8 Å². The largest absolute Gasteiger partial charge is 0.325 e. The van der Waals surface area contributed by atoms with E-state index in [0.29, 0.717) is 5.69 Å². The summed E-state index contributed by atoms with van der Waals surface area (Å²) in [6, 6.07) is 11.0. The summed E-state index contributed by atoms with van der Waals surface area (Å²) in [5.74, 6) is -2.74. The molecule has 3 rings (SSSR count). The predicted octanol–water partition coefficient (Wildman–Crippen LogP) is 2.37. The maximum absolute atomic E-state index is 13.7. The summed E-state index contributed by atoms with van der Waals surface area (Å²) in [4.78, 5) is 37.1. The summed E-state index contributed by atoms with van der Waals surface area (Å²) < 4.78 is 13.7. The lowest BCUT2D eigenvalue weighted by Gasteiger charge is -2.13. The number of nitrogens with one attached hydrogen (secondary N) is 1. The van der Waals surface area contributed by atoms with Crippen LogP contribution in [-0.4, -0.2) is 29.2 Å². The molecule has 0 spiro atoms. The number of hydrogen-bond acceptors (Lipinski definition) is 3. The number of carbonyl (C=O) groups is 3. The van der Waals surface area contributed by atoms with Gasteiger partial charge < -0.3 is 5.32 Å². The Morgan fingerprint density at radius 2 is 1.87 bits per heavy atom. The molecule has 6 heteroatoms. The average molecular weight is 312 g/mol. The SMILES string of the molecule is Cc1cccc(NC(=O)CN2C(=O)c3cccc(F)c3C2=O)c1. The lowest BCUT2D eigenvalue weighted by molar-refractivity contribution is -0.116. The Kier molecular flexibility index (Phi) is 3.65. The second kappa shape index (κ2) is 5.64. The van der Waals surface area contributed by atoms with Crippen molar-refractivity contribution in [1.82, 2.24) is 4.90 Å². The van der Waals surface area contributed by atoms with Crippen LogP contribution in [0.2, 0.25) is 0 Å². The Morgan fingerprint density at radius 3 is 2.57 bits per heavy atom. The number of rotatable bonds is 3. The number of halogens is 1. The molecule has 3 amide bonds. The Labute approximate surface area is 131 Å². The van der Waals surface area contributed by atoms with E-state index >= 15 is 0 Å². The lowest BCUT2D eigenvalue weighted by atomic mass is 10.1. The van der Waals surface area contributed by atoms with Crippen LogP contribution >= 0.6 is 0 Å². The first-order valence-electron chi connectivity index (χ1n) is 6.98. The van der Waals surface area contributed by atoms with Crippen molar-refractivity contribution < 1.29 is 18.8 Å². The van der Waals surface area contributed by atoms with Crippen LogP contribution in [0.15, 0.2) is 42.5 Å². The molecule has 1 N–H and O–H groups in total. The summed E-state index contributed by atoms with van der Waals surface area (Å²) in [6.45, 7) is 1.42. The molecule has 1 aliphatic rings. The molecule has 1 heterocycles. The predicted molar refractivity (Wildman–Crippen MR) is 81.6 cm³/mol. The molecule has 2 aromatic carbocycles. The van der Waals surface area contributed by atoms with Crippen LogP contribution in [0.4, 0.5) is 10.1 Å². The molecular weight excluding hydrogens is 299 g/mol. The van der Waals surface area contributed by atoms with Gasteiger partial charge in [-0.2, -0.15) is 0 Å². The van der Waals surface area contributed by atoms with E-state index in [1.807, 2.05) is 13.0 Å². The fourth-order valence-electron chi connectivity index (χ4n) is 2.50. The normalized spacial score (nSPS) is 13.2. The molecule has 0 unspecified atom stereocenters. The summed E-state index contributed by atoms with van der Waals surface area (Å²) in [5, 5.41) is 2.61. The van der Waals surface area contributed by atoms with E-state index in [9.17, 15) is 18.8 Å². The van der Waals surface area contributed by atoms with Gasteiger partial charge in [0.05, 0.1) is 11.1 Å². The van der Waals surface area contributed by atoms with E-state index < -0.39 is 30.1 Å². The summed E-state index contributed by atoms with van der Waals surface area (Å²) >= 11 is 0. The minimum Gasteiger partial charge on any atom is -0.325 e. The van der Waals surface area contributed by atoms with Crippen molar-refractivity contribution >= 4 is 23.4 Å². The van der Waals surface area contributed by atoms with Gasteiger partial charge in [-0.1, -0.05) is 18.2 Å². The highest BCUT2D eigenvalue weighted by molar-refractivity contribution is 6.22. The second-order valence-corrected chi connectivity index (χ2v) is 5.28. The van der Waals surface area contributed by atoms with Gasteiger partial charge in [0.15, 0.2) is 0 Å². The van der Waals surface area contributed by atoms with Gasteiger partial charge in [-0.05, 0) is 36.8 Å². The zero-order valence-corrected chi connectivity index (χ0v) is 12.3. The molecule has 0 saturated carbocycles. The van der Waals surface area contributed by atoms with E-state index in [1.54, 1.807) is 18.2 Å². The van der Waals surface area contributed by atoms with Gasteiger partial charge in [0.2, 0.25) is 5.91 Å². The van der Waals surface area contributed by atoms with Crippen molar-refractivity contribution in [2.45, 2.75) is 6.92 Å². The molecular formula is C17H13FN2O3. The molecule has 2 aromatic rings. The third kappa shape index (κ3) is 2.70. The quantitative estimate of drug-likeness (QED) is 0.885. The molecule has 1 aliphatic heterocycles. The first-order chi connectivity index (χ1) is 11.0. The molecule has 5 nitrogen and oxygen atoms in total. The van der Waals surface area contributed by atoms with Crippen LogP contribution in [0.1, 0.15) is 26.3 Å². The van der Waals surface area contributed by atoms with Crippen molar-refractivity contribution in [2.24, 2.45) is 0 Å². The molecule has 0 fully saturated rings. The Balaban J connectivity index is 1.77. The van der Waals surface area contributed by atoms with E-state index in [2.05, 4.69) is 5.32 Å². The molecule has 116 valence electrons. The van der Waals surface area contributed by atoms with Crippen molar-refractivity contribution in [3.8, 4) is 0 Å². The fourth-order valence-corrected chi connectivity index (χ4v) is 2.50. The number of carbonyl (C=O) groups excluding carboxylic acids is 3. The minimum absolute atomic E-state index is 0.0154. The third-order valence-electron chi connectivity index (χ3n) is 3.55. The maximum Gasteiger partial charge on any atom is 0.265 e. The van der Waals surface area contributed by atoms with E-state index in [-0.39, 0.29) is 11.1 Å². The fraction of sp³-hybridized carbons (Fsp3) is 0.118. The molecule has 0 atom stereocenters. The minimum atomic E-state index is -0.789. The number of fused-ring (bicyclic) bond motifs is 1. The van der Waals surface area contributed by atoms with Crippen LogP contribution in [-0.2, 0) is 4.79 Å². The number of aryl methyl sites for hydroxylation is 1. The Bertz CT molecular complexity index is 832. The van der Waals surface area contributed by atoms with Crippen LogP contribution in [0.5, 0.6) is 0 Å². The van der Waals surface area contributed by atoms with Crippen LogP contribution in [0.25, 0.3) is 0 Å². The third-order valence-corrected chi connectivity index (χ3v) is 3.55. The van der Waals surface area contributed by atoms with Crippen molar-refractivity contribution in [3.63, 3.8) is 0 Å². The smallest absolute Gasteiger partial charge is 0.265 e. The molecule has 23 heavy (non-hydrogen) atoms. The zero-order valence-electron chi connectivity index (χ0n) is 12.3. The monoisotopic (exact) mass is 312 g/mol. The second-order valence-electron chi connectivity index (χ2n) is 5.28. The Hall–Kier alpha value is -3.02. The maximum atomic E-state index is 13.7. The van der Waals surface area contributed by atoms with E-state index in [0.717, 1.165) is 16.5 Å². The molecule has 0 aliphatic carbocycles. The molecule has 0 saturated heterocycles.